The zero-order valence-electron chi connectivity index (χ0n) is 22.0. The molecule has 0 aromatic heterocycles. The lowest BCUT2D eigenvalue weighted by molar-refractivity contribution is -0.140. The van der Waals surface area contributed by atoms with E-state index in [9.17, 15) is 13.2 Å². The highest BCUT2D eigenvalue weighted by Gasteiger charge is 2.18. The molecule has 0 saturated carbocycles. The first-order valence-corrected chi connectivity index (χ1v) is 14.7. The quantitative estimate of drug-likeness (QED) is 0.173. The number of carbonyl (C=O) groups is 1. The normalized spacial score (nSPS) is 12.9. The van der Waals surface area contributed by atoms with Crippen LogP contribution >= 0.6 is 11.6 Å². The number of carbonyl (C=O) groups excluding carboxylic acids is 1. The highest BCUT2D eigenvalue weighted by molar-refractivity contribution is 7.90. The number of halogens is 1. The largest absolute Gasteiger partial charge is 0.493 e. The average molecular weight is 561 g/mol. The number of esters is 1. The molecule has 0 aliphatic carbocycles. The predicted molar refractivity (Wildman–Crippen MR) is 147 cm³/mol. The Morgan fingerprint density at radius 2 is 1.68 bits per heavy atom. The Morgan fingerprint density at radius 3 is 2.34 bits per heavy atom. The SMILES string of the molecule is CCCc1cc(Oc2ccc(S(C)(=O)=O)cc2)ccc1OC(C)CCOc1cccc(C(Cl)C(=O)OC)c1. The standard InChI is InChI=1S/C29H33ClO7S/c1-5-7-21-18-25(37-23-10-13-26(14-11-23)38(4,32)33)12-15-27(21)36-20(2)16-17-35-24-9-6-8-22(19-24)28(30)29(31)34-3/h6,8-15,18-20,28H,5,7,16-17H2,1-4H3. The molecule has 2 unspecified atom stereocenters. The molecule has 38 heavy (non-hydrogen) atoms. The maximum Gasteiger partial charge on any atom is 0.328 e. The fourth-order valence-electron chi connectivity index (χ4n) is 3.71. The predicted octanol–water partition coefficient (Wildman–Crippen LogP) is 6.52. The molecule has 3 rings (SSSR count). The summed E-state index contributed by atoms with van der Waals surface area (Å²) >= 11 is 6.14. The number of hydrogen-bond donors (Lipinski definition) is 0. The lowest BCUT2D eigenvalue weighted by Gasteiger charge is -2.19. The van der Waals surface area contributed by atoms with Crippen LogP contribution in [-0.2, 0) is 25.8 Å². The van der Waals surface area contributed by atoms with E-state index in [1.807, 2.05) is 31.2 Å². The van der Waals surface area contributed by atoms with Gasteiger partial charge >= 0.3 is 5.97 Å². The lowest BCUT2D eigenvalue weighted by Crippen LogP contribution is -2.16. The Kier molecular flexibility index (Phi) is 10.4. The van der Waals surface area contributed by atoms with Crippen LogP contribution in [-0.4, -0.2) is 40.5 Å². The van der Waals surface area contributed by atoms with Crippen LogP contribution in [0.2, 0.25) is 0 Å². The molecule has 9 heteroatoms. The van der Waals surface area contributed by atoms with E-state index in [4.69, 9.17) is 30.5 Å². The first kappa shape index (κ1) is 29.3. The average Bonchev–Trinajstić information content (AvgIpc) is 2.89. The summed E-state index contributed by atoms with van der Waals surface area (Å²) < 4.78 is 46.1. The third kappa shape index (κ3) is 8.39. The molecule has 0 aliphatic heterocycles. The molecule has 204 valence electrons. The zero-order chi connectivity index (χ0) is 27.7. The topological polar surface area (TPSA) is 88.1 Å². The minimum Gasteiger partial charge on any atom is -0.493 e. The second-order valence-electron chi connectivity index (χ2n) is 8.89. The first-order chi connectivity index (χ1) is 18.1. The van der Waals surface area contributed by atoms with E-state index >= 15 is 0 Å². The third-order valence-electron chi connectivity index (χ3n) is 5.72. The number of alkyl halides is 1. The maximum atomic E-state index is 11.7. The van der Waals surface area contributed by atoms with Crippen molar-refractivity contribution in [1.29, 1.82) is 0 Å². The Labute approximate surface area is 229 Å². The van der Waals surface area contributed by atoms with Gasteiger partial charge in [0.15, 0.2) is 15.2 Å². The number of hydrogen-bond acceptors (Lipinski definition) is 7. The third-order valence-corrected chi connectivity index (χ3v) is 7.28. The van der Waals surface area contributed by atoms with Crippen LogP contribution in [0.3, 0.4) is 0 Å². The molecule has 0 N–H and O–H groups in total. The summed E-state index contributed by atoms with van der Waals surface area (Å²) in [5, 5.41) is -0.887. The van der Waals surface area contributed by atoms with Gasteiger partial charge in [0.05, 0.1) is 24.7 Å². The highest BCUT2D eigenvalue weighted by atomic mass is 35.5. The van der Waals surface area contributed by atoms with Gasteiger partial charge in [-0.15, -0.1) is 11.6 Å². The van der Waals surface area contributed by atoms with Gasteiger partial charge in [0.2, 0.25) is 0 Å². The molecule has 0 heterocycles. The fraction of sp³-hybridized carbons (Fsp3) is 0.345. The minimum atomic E-state index is -3.26. The second kappa shape index (κ2) is 13.5. The minimum absolute atomic E-state index is 0.111. The number of rotatable bonds is 13. The Morgan fingerprint density at radius 1 is 0.974 bits per heavy atom. The van der Waals surface area contributed by atoms with Crippen LogP contribution in [0.15, 0.2) is 71.6 Å². The summed E-state index contributed by atoms with van der Waals surface area (Å²) in [6, 6.07) is 19.1. The zero-order valence-corrected chi connectivity index (χ0v) is 23.6. The smallest absolute Gasteiger partial charge is 0.328 e. The van der Waals surface area contributed by atoms with E-state index in [2.05, 4.69) is 6.92 Å². The molecule has 0 aliphatic rings. The van der Waals surface area contributed by atoms with Gasteiger partial charge in [-0.3, -0.25) is 4.79 Å². The van der Waals surface area contributed by atoms with Crippen LogP contribution in [0.4, 0.5) is 0 Å². The van der Waals surface area contributed by atoms with Gasteiger partial charge < -0.3 is 18.9 Å². The highest BCUT2D eigenvalue weighted by Crippen LogP contribution is 2.30. The molecule has 3 aromatic carbocycles. The van der Waals surface area contributed by atoms with E-state index in [0.717, 1.165) is 24.2 Å². The van der Waals surface area contributed by atoms with Gasteiger partial charge in [-0.2, -0.15) is 0 Å². The molecule has 0 fully saturated rings. The molecule has 0 amide bonds. The van der Waals surface area contributed by atoms with E-state index in [1.54, 1.807) is 30.3 Å². The number of methoxy groups -OCH3 is 1. The van der Waals surface area contributed by atoms with Gasteiger partial charge in [0.1, 0.15) is 23.0 Å². The van der Waals surface area contributed by atoms with Crippen molar-refractivity contribution in [2.75, 3.05) is 20.0 Å². The molecule has 3 aromatic rings. The number of aryl methyl sites for hydroxylation is 1. The van der Waals surface area contributed by atoms with E-state index in [0.29, 0.717) is 35.8 Å². The molecule has 2 atom stereocenters. The fourth-order valence-corrected chi connectivity index (χ4v) is 4.57. The van der Waals surface area contributed by atoms with Crippen LogP contribution in [0, 0.1) is 0 Å². The van der Waals surface area contributed by atoms with E-state index in [-0.39, 0.29) is 11.0 Å². The monoisotopic (exact) mass is 560 g/mol. The van der Waals surface area contributed by atoms with Crippen molar-refractivity contribution in [1.82, 2.24) is 0 Å². The summed E-state index contributed by atoms with van der Waals surface area (Å²) in [6.45, 7) is 4.50. The van der Waals surface area contributed by atoms with Crippen LogP contribution < -0.4 is 14.2 Å². The second-order valence-corrected chi connectivity index (χ2v) is 11.3. The summed E-state index contributed by atoms with van der Waals surface area (Å²) in [7, 11) is -1.96. The van der Waals surface area contributed by atoms with Gasteiger partial charge in [-0.25, -0.2) is 8.42 Å². The molecule has 0 bridgehead atoms. The van der Waals surface area contributed by atoms with Crippen LogP contribution in [0.5, 0.6) is 23.0 Å². The van der Waals surface area contributed by atoms with Gasteiger partial charge in [0.25, 0.3) is 0 Å². The summed E-state index contributed by atoms with van der Waals surface area (Å²) in [6.07, 6.45) is 3.45. The van der Waals surface area contributed by atoms with Crippen molar-refractivity contribution in [2.45, 2.75) is 49.5 Å². The lowest BCUT2D eigenvalue weighted by atomic mass is 10.1. The molecule has 0 spiro atoms. The van der Waals surface area contributed by atoms with E-state index in [1.165, 1.54) is 25.5 Å². The molecule has 0 radical (unpaired) electrons. The van der Waals surface area contributed by atoms with Crippen LogP contribution in [0.1, 0.15) is 43.2 Å². The molecular weight excluding hydrogens is 528 g/mol. The van der Waals surface area contributed by atoms with E-state index < -0.39 is 21.2 Å². The summed E-state index contributed by atoms with van der Waals surface area (Å²) in [4.78, 5) is 11.9. The number of benzene rings is 3. The van der Waals surface area contributed by atoms with Gasteiger partial charge in [-0.05, 0) is 79.1 Å². The van der Waals surface area contributed by atoms with Crippen LogP contribution in [0.25, 0.3) is 0 Å². The van der Waals surface area contributed by atoms with Crippen molar-refractivity contribution >= 4 is 27.4 Å². The Balaban J connectivity index is 1.59. The Hall–Kier alpha value is -3.23. The van der Waals surface area contributed by atoms with Crippen molar-refractivity contribution in [2.24, 2.45) is 0 Å². The first-order valence-electron chi connectivity index (χ1n) is 12.3. The molecule has 0 saturated heterocycles. The number of sulfone groups is 1. The molecular formula is C29H33ClO7S. The van der Waals surface area contributed by atoms with Crippen molar-refractivity contribution in [3.63, 3.8) is 0 Å². The van der Waals surface area contributed by atoms with Gasteiger partial charge in [0, 0.05) is 12.7 Å². The maximum absolute atomic E-state index is 11.7. The number of ether oxygens (including phenoxy) is 4. The Bertz CT molecular complexity index is 1320. The summed E-state index contributed by atoms with van der Waals surface area (Å²) in [5.41, 5.74) is 1.63. The van der Waals surface area contributed by atoms with Crippen molar-refractivity contribution < 1.29 is 32.2 Å². The summed E-state index contributed by atoms with van der Waals surface area (Å²) in [5.74, 6) is 2.07. The van der Waals surface area contributed by atoms with Gasteiger partial charge in [-0.1, -0.05) is 25.5 Å². The van der Waals surface area contributed by atoms with Crippen molar-refractivity contribution in [3.8, 4) is 23.0 Å². The van der Waals surface area contributed by atoms with Crippen molar-refractivity contribution in [3.05, 3.63) is 77.9 Å². The molecule has 7 nitrogen and oxygen atoms in total.